The summed E-state index contributed by atoms with van der Waals surface area (Å²) < 4.78 is 0. The van der Waals surface area contributed by atoms with Crippen LogP contribution in [0.4, 0.5) is 0 Å². The number of phenolic OH excluding ortho intramolecular Hbond substituents is 1. The highest BCUT2D eigenvalue weighted by molar-refractivity contribution is 7.48. The van der Waals surface area contributed by atoms with E-state index < -0.39 is 0 Å². The number of aromatic hydroxyl groups is 1. The molecule has 2 aromatic rings. The molecule has 1 aliphatic heterocycles. The van der Waals surface area contributed by atoms with Gasteiger partial charge in [-0.2, -0.15) is 0 Å². The summed E-state index contributed by atoms with van der Waals surface area (Å²) in [5.41, 5.74) is 6.25. The van der Waals surface area contributed by atoms with Crippen molar-refractivity contribution < 1.29 is 5.11 Å². The van der Waals surface area contributed by atoms with Gasteiger partial charge in [-0.3, -0.25) is 4.90 Å². The molecule has 0 spiro atoms. The van der Waals surface area contributed by atoms with Crippen LogP contribution in [0.15, 0.2) is 30.3 Å². The fourth-order valence-corrected chi connectivity index (χ4v) is 6.93. The van der Waals surface area contributed by atoms with Gasteiger partial charge in [-0.25, -0.2) is 0 Å². The second kappa shape index (κ2) is 10.3. The van der Waals surface area contributed by atoms with Crippen molar-refractivity contribution >= 4 is 13.9 Å². The maximum Gasteiger partial charge on any atom is 0.122 e. The molecule has 164 valence electrons. The van der Waals surface area contributed by atoms with Crippen molar-refractivity contribution in [2.45, 2.75) is 84.8 Å². The highest BCUT2D eigenvalue weighted by Gasteiger charge is 2.34. The number of piperidine rings is 1. The second-order valence-corrected chi connectivity index (χ2v) is 11.0. The molecule has 2 atom stereocenters. The van der Waals surface area contributed by atoms with Gasteiger partial charge in [-0.05, 0) is 76.0 Å². The van der Waals surface area contributed by atoms with E-state index in [1.165, 1.54) is 54.3 Å². The van der Waals surface area contributed by atoms with Gasteiger partial charge in [0.15, 0.2) is 0 Å². The first-order valence-corrected chi connectivity index (χ1v) is 12.8. The average molecular weight is 426 g/mol. The van der Waals surface area contributed by atoms with E-state index in [1.54, 1.807) is 0 Å². The Labute approximate surface area is 185 Å². The lowest BCUT2D eigenvalue weighted by Gasteiger charge is -2.36. The molecule has 1 fully saturated rings. The molecule has 1 N–H and O–H groups in total. The van der Waals surface area contributed by atoms with Crippen molar-refractivity contribution in [3.8, 4) is 5.75 Å². The minimum absolute atomic E-state index is 0.00151. The molecule has 0 aliphatic carbocycles. The number of phenols is 1. The Morgan fingerprint density at radius 1 is 0.967 bits per heavy atom. The van der Waals surface area contributed by atoms with Crippen LogP contribution < -0.4 is 5.30 Å². The van der Waals surface area contributed by atoms with E-state index in [2.05, 4.69) is 62.9 Å². The van der Waals surface area contributed by atoms with E-state index >= 15 is 0 Å². The zero-order valence-electron chi connectivity index (χ0n) is 19.6. The molecule has 0 aromatic heterocycles. The number of likely N-dealkylation sites (tertiary alicyclic amines) is 1. The Morgan fingerprint density at radius 3 is 2.37 bits per heavy atom. The highest BCUT2D eigenvalue weighted by atomic mass is 31.1. The Morgan fingerprint density at radius 2 is 1.70 bits per heavy atom. The van der Waals surface area contributed by atoms with Gasteiger partial charge < -0.3 is 5.11 Å². The Bertz CT molecular complexity index is 856. The van der Waals surface area contributed by atoms with Gasteiger partial charge in [-0.15, -0.1) is 0 Å². The maximum absolute atomic E-state index is 11.1. The SMILES string of the molecule is CCCC(CC)(Pc1ccc(C)cc1CN1CCCCC1)c1cc(C)cc(C)c1O. The monoisotopic (exact) mass is 425 g/mol. The van der Waals surface area contributed by atoms with Gasteiger partial charge in [0.05, 0.1) is 0 Å². The van der Waals surface area contributed by atoms with Crippen LogP contribution in [0, 0.1) is 20.8 Å². The average Bonchev–Trinajstić information content (AvgIpc) is 2.73. The number of nitrogens with zero attached hydrogens (tertiary/aromatic N) is 1. The molecule has 0 amide bonds. The largest absolute Gasteiger partial charge is 0.507 e. The zero-order chi connectivity index (χ0) is 21.7. The third-order valence-corrected chi connectivity index (χ3v) is 8.83. The summed E-state index contributed by atoms with van der Waals surface area (Å²) in [5.74, 6) is 0.507. The summed E-state index contributed by atoms with van der Waals surface area (Å²) >= 11 is 0. The summed E-state index contributed by atoms with van der Waals surface area (Å²) in [6.45, 7) is 14.5. The van der Waals surface area contributed by atoms with Crippen LogP contribution in [0.25, 0.3) is 0 Å². The number of aryl methyl sites for hydroxylation is 3. The van der Waals surface area contributed by atoms with Gasteiger partial charge >= 0.3 is 0 Å². The lowest BCUT2D eigenvalue weighted by molar-refractivity contribution is 0.221. The van der Waals surface area contributed by atoms with Gasteiger partial charge in [-0.1, -0.05) is 76.7 Å². The number of hydrogen-bond acceptors (Lipinski definition) is 2. The Hall–Kier alpha value is -1.37. The third-order valence-electron chi connectivity index (χ3n) is 6.72. The van der Waals surface area contributed by atoms with Crippen LogP contribution in [0.2, 0.25) is 0 Å². The lowest BCUT2D eigenvalue weighted by Crippen LogP contribution is -2.31. The second-order valence-electron chi connectivity index (χ2n) is 9.29. The molecule has 2 aromatic carbocycles. The fraction of sp³-hybridized carbons (Fsp3) is 0.556. The summed E-state index contributed by atoms with van der Waals surface area (Å²) in [5, 5.41) is 12.6. The minimum Gasteiger partial charge on any atom is -0.507 e. The van der Waals surface area contributed by atoms with Crippen molar-refractivity contribution in [1.29, 1.82) is 0 Å². The summed E-state index contributed by atoms with van der Waals surface area (Å²) in [7, 11) is 0.669. The van der Waals surface area contributed by atoms with Crippen LogP contribution >= 0.6 is 8.58 Å². The van der Waals surface area contributed by atoms with Crippen LogP contribution in [-0.2, 0) is 11.7 Å². The van der Waals surface area contributed by atoms with Gasteiger partial charge in [0.2, 0.25) is 0 Å². The van der Waals surface area contributed by atoms with E-state index in [1.807, 2.05) is 6.92 Å². The first-order valence-electron chi connectivity index (χ1n) is 11.8. The Kier molecular flexibility index (Phi) is 7.99. The molecular formula is C27H40NOP. The van der Waals surface area contributed by atoms with Crippen molar-refractivity contribution in [1.82, 2.24) is 4.90 Å². The van der Waals surface area contributed by atoms with E-state index in [9.17, 15) is 5.11 Å². The minimum atomic E-state index is 0.00151. The predicted molar refractivity (Wildman–Crippen MR) is 133 cm³/mol. The first-order chi connectivity index (χ1) is 14.4. The standard InChI is InChI=1S/C27H40NOP/c1-6-13-27(7-2,24-18-21(4)16-22(5)26(24)29)30-25-12-11-20(3)17-23(25)19-28-14-9-8-10-15-28/h11-12,16-18,29-30H,6-10,13-15,19H2,1-5H3. The van der Waals surface area contributed by atoms with E-state index in [4.69, 9.17) is 0 Å². The summed E-state index contributed by atoms with van der Waals surface area (Å²) in [6, 6.07) is 11.4. The summed E-state index contributed by atoms with van der Waals surface area (Å²) in [6.07, 6.45) is 7.31. The number of hydrogen-bond donors (Lipinski definition) is 1. The molecule has 2 unspecified atom stereocenters. The number of rotatable bonds is 8. The molecule has 0 saturated carbocycles. The molecule has 3 heteroatoms. The maximum atomic E-state index is 11.1. The molecule has 0 bridgehead atoms. The quantitative estimate of drug-likeness (QED) is 0.475. The van der Waals surface area contributed by atoms with Crippen molar-refractivity contribution in [2.24, 2.45) is 0 Å². The van der Waals surface area contributed by atoms with Gasteiger partial charge in [0.1, 0.15) is 5.75 Å². The highest BCUT2D eigenvalue weighted by Crippen LogP contribution is 2.51. The van der Waals surface area contributed by atoms with Crippen LogP contribution in [0.5, 0.6) is 5.75 Å². The fourth-order valence-electron chi connectivity index (χ4n) is 5.06. The van der Waals surface area contributed by atoms with Crippen molar-refractivity contribution in [3.05, 3.63) is 58.1 Å². The zero-order valence-corrected chi connectivity index (χ0v) is 20.6. The van der Waals surface area contributed by atoms with Crippen LogP contribution in [-0.4, -0.2) is 23.1 Å². The summed E-state index contributed by atoms with van der Waals surface area (Å²) in [4.78, 5) is 2.63. The Balaban J connectivity index is 2.01. The molecule has 3 rings (SSSR count). The molecule has 0 radical (unpaired) electrons. The van der Waals surface area contributed by atoms with Crippen molar-refractivity contribution in [2.75, 3.05) is 13.1 Å². The van der Waals surface area contributed by atoms with E-state index in [0.717, 1.165) is 36.9 Å². The smallest absolute Gasteiger partial charge is 0.122 e. The number of benzene rings is 2. The predicted octanol–water partition coefficient (Wildman–Crippen LogP) is 6.71. The van der Waals surface area contributed by atoms with Crippen molar-refractivity contribution in [3.63, 3.8) is 0 Å². The lowest BCUT2D eigenvalue weighted by atomic mass is 9.88. The van der Waals surface area contributed by atoms with Crippen LogP contribution in [0.1, 0.15) is 80.2 Å². The molecule has 2 nitrogen and oxygen atoms in total. The van der Waals surface area contributed by atoms with Gasteiger partial charge in [0, 0.05) is 17.3 Å². The third kappa shape index (κ3) is 5.27. The molecular weight excluding hydrogens is 385 g/mol. The molecule has 1 saturated heterocycles. The van der Waals surface area contributed by atoms with E-state index in [0.29, 0.717) is 14.3 Å². The molecule has 30 heavy (non-hydrogen) atoms. The van der Waals surface area contributed by atoms with E-state index in [-0.39, 0.29) is 5.16 Å². The molecule has 1 aliphatic rings. The normalized spacial score (nSPS) is 17.5. The topological polar surface area (TPSA) is 23.5 Å². The van der Waals surface area contributed by atoms with Gasteiger partial charge in [0.25, 0.3) is 0 Å². The first kappa shape index (κ1) is 23.3. The van der Waals surface area contributed by atoms with Crippen LogP contribution in [0.3, 0.4) is 0 Å². The molecule has 1 heterocycles.